The molecule has 1 amide bonds. The SMILES string of the molecule is COc1cc(C)c(S(=O)(=O)NC(=O)c2cn(C)c(-c3c(F)cccc3F)n2)cc1C. The van der Waals surface area contributed by atoms with E-state index in [4.69, 9.17) is 4.74 Å². The zero-order chi connectivity index (χ0) is 22.2. The van der Waals surface area contributed by atoms with Crippen LogP contribution in [0.3, 0.4) is 0 Å². The first-order valence-electron chi connectivity index (χ1n) is 8.75. The molecule has 0 aliphatic carbocycles. The lowest BCUT2D eigenvalue weighted by Gasteiger charge is -2.12. The van der Waals surface area contributed by atoms with Crippen LogP contribution in [0.25, 0.3) is 11.4 Å². The van der Waals surface area contributed by atoms with Gasteiger partial charge < -0.3 is 9.30 Å². The lowest BCUT2D eigenvalue weighted by molar-refractivity contribution is 0.0977. The Morgan fingerprint density at radius 3 is 2.37 bits per heavy atom. The van der Waals surface area contributed by atoms with E-state index in [1.165, 1.54) is 37.1 Å². The Morgan fingerprint density at radius 2 is 1.77 bits per heavy atom. The van der Waals surface area contributed by atoms with Crippen molar-refractivity contribution in [3.8, 4) is 17.1 Å². The Hall–Kier alpha value is -3.27. The van der Waals surface area contributed by atoms with Gasteiger partial charge in [0.15, 0.2) is 0 Å². The number of nitrogens with zero attached hydrogens (tertiary/aromatic N) is 2. The van der Waals surface area contributed by atoms with Crippen molar-refractivity contribution in [1.82, 2.24) is 14.3 Å². The van der Waals surface area contributed by atoms with E-state index in [9.17, 15) is 22.0 Å². The molecular weight excluding hydrogens is 416 g/mol. The highest BCUT2D eigenvalue weighted by Crippen LogP contribution is 2.27. The molecule has 7 nitrogen and oxygen atoms in total. The van der Waals surface area contributed by atoms with Crippen LogP contribution in [0.5, 0.6) is 5.75 Å². The summed E-state index contributed by atoms with van der Waals surface area (Å²) in [7, 11) is -1.31. The van der Waals surface area contributed by atoms with Crippen molar-refractivity contribution in [2.24, 2.45) is 7.05 Å². The molecular formula is C20H19F2N3O4S. The molecule has 0 saturated heterocycles. The van der Waals surface area contributed by atoms with Gasteiger partial charge in [-0.3, -0.25) is 4.79 Å². The molecule has 0 spiro atoms. The van der Waals surface area contributed by atoms with Crippen LogP contribution >= 0.6 is 0 Å². The molecule has 2 aromatic carbocycles. The number of carbonyl (C=O) groups is 1. The molecule has 158 valence electrons. The molecule has 30 heavy (non-hydrogen) atoms. The number of ether oxygens (including phenoxy) is 1. The molecule has 10 heteroatoms. The fourth-order valence-corrected chi connectivity index (χ4v) is 4.29. The summed E-state index contributed by atoms with van der Waals surface area (Å²) in [5.74, 6) is -2.37. The maximum absolute atomic E-state index is 14.1. The van der Waals surface area contributed by atoms with Gasteiger partial charge in [-0.2, -0.15) is 0 Å². The molecule has 1 heterocycles. The molecule has 0 atom stereocenters. The number of imidazole rings is 1. The predicted octanol–water partition coefficient (Wildman–Crippen LogP) is 3.11. The zero-order valence-electron chi connectivity index (χ0n) is 16.7. The van der Waals surface area contributed by atoms with Gasteiger partial charge in [-0.1, -0.05) is 6.07 Å². The lowest BCUT2D eigenvalue weighted by Crippen LogP contribution is -2.31. The zero-order valence-corrected chi connectivity index (χ0v) is 17.5. The molecule has 0 saturated carbocycles. The Balaban J connectivity index is 1.95. The van der Waals surface area contributed by atoms with Gasteiger partial charge in [0.2, 0.25) is 0 Å². The van der Waals surface area contributed by atoms with E-state index < -0.39 is 33.1 Å². The molecule has 0 unspecified atom stereocenters. The molecule has 0 aliphatic rings. The van der Waals surface area contributed by atoms with E-state index >= 15 is 0 Å². The van der Waals surface area contributed by atoms with Gasteiger partial charge in [-0.25, -0.2) is 26.9 Å². The smallest absolute Gasteiger partial charge is 0.285 e. The highest BCUT2D eigenvalue weighted by Gasteiger charge is 2.25. The van der Waals surface area contributed by atoms with E-state index in [0.717, 1.165) is 12.1 Å². The van der Waals surface area contributed by atoms with Gasteiger partial charge in [-0.05, 0) is 49.2 Å². The maximum atomic E-state index is 14.1. The van der Waals surface area contributed by atoms with Gasteiger partial charge in [0, 0.05) is 13.2 Å². The van der Waals surface area contributed by atoms with Gasteiger partial charge in [-0.15, -0.1) is 0 Å². The van der Waals surface area contributed by atoms with Crippen molar-refractivity contribution in [3.63, 3.8) is 0 Å². The molecule has 0 fully saturated rings. The van der Waals surface area contributed by atoms with Crippen molar-refractivity contribution in [3.05, 3.63) is 65.0 Å². The molecule has 0 bridgehead atoms. The number of methoxy groups -OCH3 is 1. The van der Waals surface area contributed by atoms with Crippen LogP contribution in [-0.4, -0.2) is 31.0 Å². The van der Waals surface area contributed by atoms with Crippen LogP contribution in [0, 0.1) is 25.5 Å². The van der Waals surface area contributed by atoms with Crippen molar-refractivity contribution in [1.29, 1.82) is 0 Å². The van der Waals surface area contributed by atoms with Crippen molar-refractivity contribution in [2.45, 2.75) is 18.7 Å². The Morgan fingerprint density at radius 1 is 1.13 bits per heavy atom. The second-order valence-corrected chi connectivity index (χ2v) is 8.33. The van der Waals surface area contributed by atoms with Crippen molar-refractivity contribution in [2.75, 3.05) is 7.11 Å². The molecule has 1 aromatic heterocycles. The number of halogens is 2. The maximum Gasteiger partial charge on any atom is 0.285 e. The quantitative estimate of drug-likeness (QED) is 0.665. The average Bonchev–Trinajstić information content (AvgIpc) is 3.04. The summed E-state index contributed by atoms with van der Waals surface area (Å²) in [6.45, 7) is 3.24. The number of rotatable bonds is 5. The van der Waals surface area contributed by atoms with E-state index in [2.05, 4.69) is 4.98 Å². The third-order valence-corrected chi connectivity index (χ3v) is 5.98. The second-order valence-electron chi connectivity index (χ2n) is 6.68. The van der Waals surface area contributed by atoms with Crippen LogP contribution in [0.15, 0.2) is 41.4 Å². The first kappa shape index (κ1) is 21.4. The number of hydrogen-bond acceptors (Lipinski definition) is 5. The molecule has 0 radical (unpaired) electrons. The predicted molar refractivity (Wildman–Crippen MR) is 106 cm³/mol. The van der Waals surface area contributed by atoms with Crippen LogP contribution in [0.1, 0.15) is 21.6 Å². The first-order chi connectivity index (χ1) is 14.0. The van der Waals surface area contributed by atoms with Crippen LogP contribution in [-0.2, 0) is 17.1 Å². The first-order valence-corrected chi connectivity index (χ1v) is 10.2. The minimum atomic E-state index is -4.22. The third kappa shape index (κ3) is 3.90. The average molecular weight is 435 g/mol. The number of amides is 1. The van der Waals surface area contributed by atoms with Gasteiger partial charge >= 0.3 is 0 Å². The summed E-state index contributed by atoms with van der Waals surface area (Å²) in [5, 5.41) is 0. The van der Waals surface area contributed by atoms with E-state index in [-0.39, 0.29) is 16.4 Å². The number of carbonyl (C=O) groups excluding carboxylic acids is 1. The number of sulfonamides is 1. The highest BCUT2D eigenvalue weighted by atomic mass is 32.2. The fraction of sp³-hybridized carbons (Fsp3) is 0.200. The Kier molecular flexibility index (Phi) is 5.62. The topological polar surface area (TPSA) is 90.3 Å². The third-order valence-electron chi connectivity index (χ3n) is 4.50. The summed E-state index contributed by atoms with van der Waals surface area (Å²) in [6, 6.07) is 6.27. The standard InChI is InChI=1S/C20H19F2N3O4S/c1-11-9-17(12(2)8-16(11)29-4)30(27,28)24-20(26)15-10-25(3)19(23-15)18-13(21)6-5-7-14(18)22/h5-10H,1-4H3,(H,24,26). The van der Waals surface area contributed by atoms with Crippen LogP contribution in [0.2, 0.25) is 0 Å². The normalized spacial score (nSPS) is 11.4. The monoisotopic (exact) mass is 435 g/mol. The summed E-state index contributed by atoms with van der Waals surface area (Å²) in [6.07, 6.45) is 1.19. The molecule has 1 N–H and O–H groups in total. The van der Waals surface area contributed by atoms with Crippen molar-refractivity contribution < 1.29 is 26.7 Å². The van der Waals surface area contributed by atoms with Crippen LogP contribution < -0.4 is 9.46 Å². The Labute approximate surface area is 172 Å². The molecule has 3 aromatic rings. The molecule has 0 aliphatic heterocycles. The number of nitrogens with one attached hydrogen (secondary N) is 1. The van der Waals surface area contributed by atoms with E-state index in [0.29, 0.717) is 16.9 Å². The summed E-state index contributed by atoms with van der Waals surface area (Å²) in [5.41, 5.74) is 0.240. The highest BCUT2D eigenvalue weighted by molar-refractivity contribution is 7.90. The van der Waals surface area contributed by atoms with Gasteiger partial charge in [0.25, 0.3) is 15.9 Å². The summed E-state index contributed by atoms with van der Waals surface area (Å²) in [4.78, 5) is 16.4. The summed E-state index contributed by atoms with van der Waals surface area (Å²) < 4.78 is 61.9. The number of hydrogen-bond donors (Lipinski definition) is 1. The largest absolute Gasteiger partial charge is 0.496 e. The van der Waals surface area contributed by atoms with E-state index in [1.54, 1.807) is 19.9 Å². The van der Waals surface area contributed by atoms with Crippen LogP contribution in [0.4, 0.5) is 8.78 Å². The fourth-order valence-electron chi connectivity index (χ4n) is 3.02. The van der Waals surface area contributed by atoms with E-state index in [1.807, 2.05) is 4.72 Å². The number of aromatic nitrogens is 2. The molecule has 3 rings (SSSR count). The minimum absolute atomic E-state index is 0.0922. The van der Waals surface area contributed by atoms with Gasteiger partial charge in [0.1, 0.15) is 28.9 Å². The Bertz CT molecular complexity index is 1230. The number of benzene rings is 2. The summed E-state index contributed by atoms with van der Waals surface area (Å²) >= 11 is 0. The minimum Gasteiger partial charge on any atom is -0.496 e. The van der Waals surface area contributed by atoms with Crippen molar-refractivity contribution >= 4 is 15.9 Å². The lowest BCUT2D eigenvalue weighted by atomic mass is 10.1. The number of aryl methyl sites for hydroxylation is 3. The van der Waals surface area contributed by atoms with Gasteiger partial charge in [0.05, 0.1) is 17.6 Å². The second kappa shape index (κ2) is 7.86.